The van der Waals surface area contributed by atoms with Crippen molar-refractivity contribution in [3.63, 3.8) is 0 Å². The first-order valence-corrected chi connectivity index (χ1v) is 8.02. The third-order valence-electron chi connectivity index (χ3n) is 5.40. The average molecular weight is 318 g/mol. The van der Waals surface area contributed by atoms with Gasteiger partial charge >= 0.3 is 6.18 Å². The largest absolute Gasteiger partial charge is 0.393 e. The van der Waals surface area contributed by atoms with Crippen LogP contribution in [0.4, 0.5) is 13.2 Å². The molecule has 4 atom stereocenters. The molecule has 2 amide bonds. The number of imide groups is 1. The molecule has 1 saturated carbocycles. The molecule has 22 heavy (non-hydrogen) atoms. The molecule has 2 saturated heterocycles. The van der Waals surface area contributed by atoms with E-state index in [4.69, 9.17) is 0 Å². The van der Waals surface area contributed by atoms with E-state index in [1.807, 2.05) is 0 Å². The van der Waals surface area contributed by atoms with Gasteiger partial charge < -0.3 is 5.32 Å². The van der Waals surface area contributed by atoms with Crippen LogP contribution in [0.25, 0.3) is 0 Å². The molecule has 0 aromatic rings. The molecule has 1 N–H and O–H groups in total. The Morgan fingerprint density at radius 3 is 2.18 bits per heavy atom. The number of carbonyl (C=O) groups excluding carboxylic acids is 2. The van der Waals surface area contributed by atoms with E-state index in [0.29, 0.717) is 25.8 Å². The molecule has 4 nitrogen and oxygen atoms in total. The highest BCUT2D eigenvalue weighted by atomic mass is 19.4. The quantitative estimate of drug-likeness (QED) is 0.792. The molecule has 0 spiro atoms. The maximum atomic E-state index is 13.1. The third-order valence-corrected chi connectivity index (χ3v) is 5.40. The number of nitrogens with zero attached hydrogens (tertiary/aromatic N) is 1. The van der Waals surface area contributed by atoms with Crippen molar-refractivity contribution < 1.29 is 22.8 Å². The van der Waals surface area contributed by atoms with Crippen LogP contribution in [0, 0.1) is 23.7 Å². The van der Waals surface area contributed by atoms with Gasteiger partial charge in [-0.2, -0.15) is 13.2 Å². The summed E-state index contributed by atoms with van der Waals surface area (Å²) in [7, 11) is 0. The number of nitrogens with one attached hydrogen (secondary N) is 1. The van der Waals surface area contributed by atoms with Gasteiger partial charge in [-0.3, -0.25) is 14.5 Å². The molecule has 1 aliphatic carbocycles. The van der Waals surface area contributed by atoms with E-state index >= 15 is 0 Å². The molecule has 7 heteroatoms. The molecular weight excluding hydrogens is 297 g/mol. The minimum atomic E-state index is -4.29. The van der Waals surface area contributed by atoms with Gasteiger partial charge in [-0.1, -0.05) is 12.8 Å². The van der Waals surface area contributed by atoms with Gasteiger partial charge in [0.15, 0.2) is 0 Å². The number of halogens is 3. The summed E-state index contributed by atoms with van der Waals surface area (Å²) in [5.41, 5.74) is 0. The van der Waals surface area contributed by atoms with Crippen LogP contribution in [0.2, 0.25) is 0 Å². The van der Waals surface area contributed by atoms with E-state index in [0.717, 1.165) is 17.7 Å². The third kappa shape index (κ3) is 2.75. The van der Waals surface area contributed by atoms with Crippen molar-refractivity contribution in [3.8, 4) is 0 Å². The Hall–Kier alpha value is -1.11. The number of piperidine rings is 1. The Bertz CT molecular complexity index is 442. The normalized spacial score (nSPS) is 36.6. The number of hydrogen-bond donors (Lipinski definition) is 1. The molecule has 3 fully saturated rings. The molecule has 3 rings (SSSR count). The van der Waals surface area contributed by atoms with Gasteiger partial charge in [0, 0.05) is 13.1 Å². The Morgan fingerprint density at radius 2 is 1.64 bits per heavy atom. The highest BCUT2D eigenvalue weighted by Gasteiger charge is 2.51. The summed E-state index contributed by atoms with van der Waals surface area (Å²) in [6.45, 7) is 0.300. The average Bonchev–Trinajstić information content (AvgIpc) is 2.72. The van der Waals surface area contributed by atoms with Gasteiger partial charge in [-0.25, -0.2) is 0 Å². The smallest absolute Gasteiger partial charge is 0.316 e. The molecule has 2 heterocycles. The van der Waals surface area contributed by atoms with Gasteiger partial charge in [0.25, 0.3) is 0 Å². The van der Waals surface area contributed by atoms with Gasteiger partial charge in [0.05, 0.1) is 17.8 Å². The number of amides is 2. The minimum absolute atomic E-state index is 0.0729. The predicted octanol–water partition coefficient (Wildman–Crippen LogP) is 1.95. The molecule has 0 radical (unpaired) electrons. The second kappa shape index (κ2) is 5.83. The van der Waals surface area contributed by atoms with Gasteiger partial charge in [0.2, 0.25) is 11.8 Å². The summed E-state index contributed by atoms with van der Waals surface area (Å²) in [6, 6.07) is 0. The zero-order chi connectivity index (χ0) is 15.9. The first-order valence-electron chi connectivity index (χ1n) is 8.02. The highest BCUT2D eigenvalue weighted by molar-refractivity contribution is 6.05. The number of carbonyl (C=O) groups is 2. The Balaban J connectivity index is 1.74. The molecule has 0 aromatic heterocycles. The lowest BCUT2D eigenvalue weighted by molar-refractivity contribution is -0.194. The number of rotatable bonds is 2. The van der Waals surface area contributed by atoms with E-state index in [9.17, 15) is 22.8 Å². The molecule has 124 valence electrons. The molecular formula is C15H21F3N2O2. The summed E-state index contributed by atoms with van der Waals surface area (Å²) in [6.07, 6.45) is -0.715. The summed E-state index contributed by atoms with van der Waals surface area (Å²) >= 11 is 0. The molecule has 0 bridgehead atoms. The first kappa shape index (κ1) is 15.8. The second-order valence-electron chi connectivity index (χ2n) is 6.69. The highest BCUT2D eigenvalue weighted by Crippen LogP contribution is 2.40. The Kier molecular flexibility index (Phi) is 4.18. The van der Waals surface area contributed by atoms with Gasteiger partial charge in [-0.05, 0) is 31.7 Å². The molecule has 0 aromatic carbocycles. The zero-order valence-corrected chi connectivity index (χ0v) is 12.4. The van der Waals surface area contributed by atoms with Crippen molar-refractivity contribution in [1.29, 1.82) is 0 Å². The van der Waals surface area contributed by atoms with E-state index in [-0.39, 0.29) is 36.7 Å². The van der Waals surface area contributed by atoms with Crippen LogP contribution < -0.4 is 5.32 Å². The number of fused-ring (bicyclic) bond motifs is 1. The number of likely N-dealkylation sites (tertiary alicyclic amines) is 1. The Morgan fingerprint density at radius 1 is 1.05 bits per heavy atom. The fraction of sp³-hybridized carbons (Fsp3) is 0.867. The fourth-order valence-electron chi connectivity index (χ4n) is 4.16. The van der Waals surface area contributed by atoms with Crippen molar-refractivity contribution in [3.05, 3.63) is 0 Å². The summed E-state index contributed by atoms with van der Waals surface area (Å²) in [5.74, 6) is -3.22. The monoisotopic (exact) mass is 318 g/mol. The van der Waals surface area contributed by atoms with E-state index in [1.165, 1.54) is 0 Å². The molecule has 2 aliphatic heterocycles. The topological polar surface area (TPSA) is 49.4 Å². The second-order valence-corrected chi connectivity index (χ2v) is 6.69. The first-order chi connectivity index (χ1) is 10.4. The Labute approximate surface area is 127 Å². The van der Waals surface area contributed by atoms with Gasteiger partial charge in [-0.15, -0.1) is 0 Å². The molecule has 3 aliphatic rings. The molecule has 4 unspecified atom stereocenters. The summed E-state index contributed by atoms with van der Waals surface area (Å²) in [5, 5.41) is 2.76. The van der Waals surface area contributed by atoms with Crippen molar-refractivity contribution in [2.24, 2.45) is 23.7 Å². The summed E-state index contributed by atoms with van der Waals surface area (Å²) < 4.78 is 39.4. The fourth-order valence-corrected chi connectivity index (χ4v) is 4.16. The lowest BCUT2D eigenvalue weighted by atomic mass is 9.81. The van der Waals surface area contributed by atoms with Crippen LogP contribution in [0.3, 0.4) is 0 Å². The maximum absolute atomic E-state index is 13.1. The predicted molar refractivity (Wildman–Crippen MR) is 72.7 cm³/mol. The zero-order valence-electron chi connectivity index (χ0n) is 12.4. The van der Waals surface area contributed by atoms with Crippen LogP contribution in [0.15, 0.2) is 0 Å². The van der Waals surface area contributed by atoms with Crippen molar-refractivity contribution in [1.82, 2.24) is 10.2 Å². The van der Waals surface area contributed by atoms with Crippen LogP contribution in [0.1, 0.15) is 32.1 Å². The van der Waals surface area contributed by atoms with Crippen molar-refractivity contribution >= 4 is 11.8 Å². The van der Waals surface area contributed by atoms with Crippen LogP contribution in [-0.4, -0.2) is 42.5 Å². The van der Waals surface area contributed by atoms with Crippen molar-refractivity contribution in [2.75, 3.05) is 19.6 Å². The van der Waals surface area contributed by atoms with Crippen LogP contribution in [-0.2, 0) is 9.59 Å². The van der Waals surface area contributed by atoms with E-state index < -0.39 is 18.0 Å². The van der Waals surface area contributed by atoms with Crippen LogP contribution >= 0.6 is 0 Å². The van der Waals surface area contributed by atoms with Gasteiger partial charge in [0.1, 0.15) is 0 Å². The van der Waals surface area contributed by atoms with E-state index in [1.54, 1.807) is 0 Å². The minimum Gasteiger partial charge on any atom is -0.316 e. The SMILES string of the molecule is O=C1C2CCCCC2C(=O)N1CC1CCNCC1C(F)(F)F. The lowest BCUT2D eigenvalue weighted by Gasteiger charge is -2.35. The van der Waals surface area contributed by atoms with E-state index in [2.05, 4.69) is 5.32 Å². The van der Waals surface area contributed by atoms with Crippen molar-refractivity contribution in [2.45, 2.75) is 38.3 Å². The lowest BCUT2D eigenvalue weighted by Crippen LogP contribution is -2.49. The van der Waals surface area contributed by atoms with Crippen LogP contribution in [0.5, 0.6) is 0 Å². The summed E-state index contributed by atoms with van der Waals surface area (Å²) in [4.78, 5) is 25.9. The number of hydrogen-bond acceptors (Lipinski definition) is 3. The standard InChI is InChI=1S/C15H21F3N2O2/c16-15(17,18)12-7-19-6-5-9(12)8-20-13(21)10-3-1-2-4-11(10)14(20)22/h9-12,19H,1-8H2. The maximum Gasteiger partial charge on any atom is 0.393 e. The number of alkyl halides is 3.